The molecule has 1 aliphatic rings. The predicted molar refractivity (Wildman–Crippen MR) is 102 cm³/mol. The van der Waals surface area contributed by atoms with Crippen LogP contribution >= 0.6 is 0 Å². The maximum atomic E-state index is 12.5. The van der Waals surface area contributed by atoms with Gasteiger partial charge in [0.2, 0.25) is 10.0 Å². The van der Waals surface area contributed by atoms with Gasteiger partial charge in [0.15, 0.2) is 0 Å². The van der Waals surface area contributed by atoms with E-state index in [0.717, 1.165) is 17.7 Å². The Morgan fingerprint density at radius 2 is 1.62 bits per heavy atom. The number of rotatable bonds is 5. The number of hydrogen-bond donors (Lipinski definition) is 0. The van der Waals surface area contributed by atoms with Crippen LogP contribution in [0, 0.1) is 11.3 Å². The Kier molecular flexibility index (Phi) is 5.84. The topological polar surface area (TPSA) is 64.4 Å². The summed E-state index contributed by atoms with van der Waals surface area (Å²) < 4.78 is 26.5. The third kappa shape index (κ3) is 4.79. The zero-order valence-corrected chi connectivity index (χ0v) is 15.3. The Hall–Kier alpha value is -2.46. The Bertz CT molecular complexity index is 892. The first-order chi connectivity index (χ1) is 12.6. The monoisotopic (exact) mass is 367 g/mol. The van der Waals surface area contributed by atoms with E-state index in [1.165, 1.54) is 9.71 Å². The van der Waals surface area contributed by atoms with Crippen molar-refractivity contribution in [2.24, 2.45) is 0 Å². The third-order valence-electron chi connectivity index (χ3n) is 4.41. The highest BCUT2D eigenvalue weighted by Gasteiger charge is 2.24. The molecule has 0 amide bonds. The number of sulfonamides is 1. The van der Waals surface area contributed by atoms with Crippen LogP contribution in [0.15, 0.2) is 60.0 Å². The second kappa shape index (κ2) is 8.28. The average molecular weight is 367 g/mol. The molecule has 2 aromatic carbocycles. The fourth-order valence-electron chi connectivity index (χ4n) is 2.90. The highest BCUT2D eigenvalue weighted by atomic mass is 32.2. The van der Waals surface area contributed by atoms with Crippen LogP contribution in [0.2, 0.25) is 0 Å². The minimum Gasteiger partial charge on any atom is -0.296 e. The Morgan fingerprint density at radius 3 is 2.23 bits per heavy atom. The lowest BCUT2D eigenvalue weighted by Crippen LogP contribution is -2.47. The van der Waals surface area contributed by atoms with Crippen LogP contribution in [0.1, 0.15) is 16.7 Å². The summed E-state index contributed by atoms with van der Waals surface area (Å²) >= 11 is 0. The van der Waals surface area contributed by atoms with Crippen molar-refractivity contribution in [2.45, 2.75) is 6.54 Å². The summed E-state index contributed by atoms with van der Waals surface area (Å²) in [7, 11) is -3.40. The predicted octanol–water partition coefficient (Wildman–Crippen LogP) is 2.68. The maximum Gasteiger partial charge on any atom is 0.236 e. The number of hydrogen-bond acceptors (Lipinski definition) is 4. The van der Waals surface area contributed by atoms with Gasteiger partial charge < -0.3 is 0 Å². The molecule has 1 aliphatic heterocycles. The van der Waals surface area contributed by atoms with Gasteiger partial charge in [-0.15, -0.1) is 0 Å². The molecule has 26 heavy (non-hydrogen) atoms. The van der Waals surface area contributed by atoms with E-state index in [9.17, 15) is 8.42 Å². The number of piperazine rings is 1. The molecule has 0 radical (unpaired) electrons. The fraction of sp³-hybridized carbons (Fsp3) is 0.250. The molecule has 5 nitrogen and oxygen atoms in total. The van der Waals surface area contributed by atoms with E-state index in [4.69, 9.17) is 5.26 Å². The molecule has 134 valence electrons. The van der Waals surface area contributed by atoms with Crippen LogP contribution in [0.25, 0.3) is 6.08 Å². The normalized spacial score (nSPS) is 16.6. The van der Waals surface area contributed by atoms with E-state index in [1.54, 1.807) is 6.08 Å². The third-order valence-corrected chi connectivity index (χ3v) is 5.98. The van der Waals surface area contributed by atoms with Crippen molar-refractivity contribution in [3.63, 3.8) is 0 Å². The van der Waals surface area contributed by atoms with Crippen molar-refractivity contribution < 1.29 is 8.42 Å². The van der Waals surface area contributed by atoms with Crippen molar-refractivity contribution >= 4 is 16.1 Å². The summed E-state index contributed by atoms with van der Waals surface area (Å²) in [5, 5.41) is 10.1. The fourth-order valence-corrected chi connectivity index (χ4v) is 4.07. The number of nitriles is 1. The van der Waals surface area contributed by atoms with E-state index >= 15 is 0 Å². The molecule has 0 unspecified atom stereocenters. The SMILES string of the molecule is N#Cc1ccc(CN2CCN(S(=O)(=O)/C=C/c3ccccc3)CC2)cc1. The number of benzene rings is 2. The quantitative estimate of drug-likeness (QED) is 0.815. The van der Waals surface area contributed by atoms with E-state index in [-0.39, 0.29) is 0 Å². The second-order valence-electron chi connectivity index (χ2n) is 6.24. The molecule has 0 saturated carbocycles. The maximum absolute atomic E-state index is 12.5. The first kappa shape index (κ1) is 18.3. The minimum absolute atomic E-state index is 0.484. The molecule has 2 aromatic rings. The summed E-state index contributed by atoms with van der Waals surface area (Å²) in [6.45, 7) is 3.12. The van der Waals surface area contributed by atoms with Crippen molar-refractivity contribution in [3.05, 3.63) is 76.7 Å². The molecule has 0 atom stereocenters. The van der Waals surface area contributed by atoms with Gasteiger partial charge in [-0.3, -0.25) is 4.90 Å². The Morgan fingerprint density at radius 1 is 0.962 bits per heavy atom. The van der Waals surface area contributed by atoms with Gasteiger partial charge in [0.05, 0.1) is 11.6 Å². The van der Waals surface area contributed by atoms with E-state index in [1.807, 2.05) is 54.6 Å². The van der Waals surface area contributed by atoms with Gasteiger partial charge in [0.25, 0.3) is 0 Å². The standard InChI is InChI=1S/C20H21N3O2S/c21-16-19-6-8-20(9-7-19)17-22-11-13-23(14-12-22)26(24,25)15-10-18-4-2-1-3-5-18/h1-10,15H,11-14,17H2/b15-10+. The van der Waals surface area contributed by atoms with Crippen LogP contribution in [0.3, 0.4) is 0 Å². The summed E-state index contributed by atoms with van der Waals surface area (Å²) in [4.78, 5) is 2.23. The molecule has 0 N–H and O–H groups in total. The summed E-state index contributed by atoms with van der Waals surface area (Å²) in [5.41, 5.74) is 2.65. The van der Waals surface area contributed by atoms with Crippen molar-refractivity contribution in [2.75, 3.05) is 26.2 Å². The Balaban J connectivity index is 1.55. The van der Waals surface area contributed by atoms with Gasteiger partial charge in [-0.2, -0.15) is 9.57 Å². The number of nitrogens with zero attached hydrogens (tertiary/aromatic N) is 3. The van der Waals surface area contributed by atoms with Crippen LogP contribution < -0.4 is 0 Å². The molecule has 3 rings (SSSR count). The average Bonchev–Trinajstić information content (AvgIpc) is 2.68. The molecular formula is C20H21N3O2S. The van der Waals surface area contributed by atoms with Crippen molar-refractivity contribution in [1.29, 1.82) is 5.26 Å². The summed E-state index contributed by atoms with van der Waals surface area (Å²) in [5.74, 6) is 0. The van der Waals surface area contributed by atoms with Gasteiger partial charge in [-0.25, -0.2) is 8.42 Å². The second-order valence-corrected chi connectivity index (χ2v) is 8.06. The van der Waals surface area contributed by atoms with Crippen LogP contribution in [0.5, 0.6) is 0 Å². The van der Waals surface area contributed by atoms with Gasteiger partial charge in [-0.1, -0.05) is 42.5 Å². The Labute approximate surface area is 154 Å². The smallest absolute Gasteiger partial charge is 0.236 e. The zero-order chi connectivity index (χ0) is 18.4. The molecular weight excluding hydrogens is 346 g/mol. The van der Waals surface area contributed by atoms with Crippen LogP contribution in [0.4, 0.5) is 0 Å². The first-order valence-corrected chi connectivity index (χ1v) is 10.0. The first-order valence-electron chi connectivity index (χ1n) is 8.51. The molecule has 6 heteroatoms. The van der Waals surface area contributed by atoms with Gasteiger partial charge in [0.1, 0.15) is 0 Å². The van der Waals surface area contributed by atoms with Gasteiger partial charge >= 0.3 is 0 Å². The van der Waals surface area contributed by atoms with E-state index in [0.29, 0.717) is 31.7 Å². The molecule has 0 spiro atoms. The van der Waals surface area contributed by atoms with Crippen LogP contribution in [-0.4, -0.2) is 43.8 Å². The van der Waals surface area contributed by atoms with Crippen molar-refractivity contribution in [1.82, 2.24) is 9.21 Å². The minimum atomic E-state index is -3.40. The lowest BCUT2D eigenvalue weighted by molar-refractivity contribution is 0.182. The zero-order valence-electron chi connectivity index (χ0n) is 14.5. The molecule has 1 fully saturated rings. The lowest BCUT2D eigenvalue weighted by atomic mass is 10.1. The van der Waals surface area contributed by atoms with E-state index < -0.39 is 10.0 Å². The van der Waals surface area contributed by atoms with E-state index in [2.05, 4.69) is 11.0 Å². The van der Waals surface area contributed by atoms with Gasteiger partial charge in [0, 0.05) is 38.1 Å². The molecule has 0 aromatic heterocycles. The van der Waals surface area contributed by atoms with Crippen molar-refractivity contribution in [3.8, 4) is 6.07 Å². The molecule has 1 saturated heterocycles. The highest BCUT2D eigenvalue weighted by molar-refractivity contribution is 7.92. The lowest BCUT2D eigenvalue weighted by Gasteiger charge is -2.33. The molecule has 0 bridgehead atoms. The largest absolute Gasteiger partial charge is 0.296 e. The summed E-state index contributed by atoms with van der Waals surface area (Å²) in [6.07, 6.45) is 1.64. The van der Waals surface area contributed by atoms with Gasteiger partial charge in [-0.05, 0) is 29.3 Å². The highest BCUT2D eigenvalue weighted by Crippen LogP contribution is 2.14. The molecule has 0 aliphatic carbocycles. The molecule has 1 heterocycles. The van der Waals surface area contributed by atoms with Crippen LogP contribution in [-0.2, 0) is 16.6 Å². The summed E-state index contributed by atoms with van der Waals surface area (Å²) in [6, 6.07) is 19.0.